The van der Waals surface area contributed by atoms with Crippen LogP contribution < -0.4 is 5.73 Å². The van der Waals surface area contributed by atoms with E-state index in [1.807, 2.05) is 18.2 Å². The summed E-state index contributed by atoms with van der Waals surface area (Å²) in [7, 11) is 0. The summed E-state index contributed by atoms with van der Waals surface area (Å²) in [5, 5.41) is 8.86. The van der Waals surface area contributed by atoms with Crippen molar-refractivity contribution in [3.05, 3.63) is 31.8 Å². The Bertz CT molecular complexity index is 280. The molecule has 1 aromatic carbocycles. The standard InChI is InChI=1S/C8H9BrINO/c9-8-5(7(11)4-12)2-1-3-6(8)10/h1-3,7,12H,4,11H2/t7-/m1/s1. The molecule has 3 N–H and O–H groups in total. The summed E-state index contributed by atoms with van der Waals surface area (Å²) in [6.07, 6.45) is 0. The van der Waals surface area contributed by atoms with Gasteiger partial charge in [-0.15, -0.1) is 0 Å². The predicted octanol–water partition coefficient (Wildman–Crippen LogP) is 2.05. The summed E-state index contributed by atoms with van der Waals surface area (Å²) < 4.78 is 2.08. The summed E-state index contributed by atoms with van der Waals surface area (Å²) in [6, 6.07) is 5.53. The maximum atomic E-state index is 8.86. The molecule has 12 heavy (non-hydrogen) atoms. The first-order valence-electron chi connectivity index (χ1n) is 3.47. The van der Waals surface area contributed by atoms with E-state index in [0.717, 1.165) is 13.6 Å². The van der Waals surface area contributed by atoms with Crippen LogP contribution >= 0.6 is 38.5 Å². The molecule has 0 unspecified atom stereocenters. The van der Waals surface area contributed by atoms with Crippen LogP contribution in [0.5, 0.6) is 0 Å². The Morgan fingerprint density at radius 3 is 2.83 bits per heavy atom. The van der Waals surface area contributed by atoms with E-state index in [9.17, 15) is 0 Å². The van der Waals surface area contributed by atoms with Crippen LogP contribution in [0.3, 0.4) is 0 Å². The zero-order valence-electron chi connectivity index (χ0n) is 6.30. The second kappa shape index (κ2) is 4.55. The molecule has 66 valence electrons. The van der Waals surface area contributed by atoms with E-state index in [2.05, 4.69) is 38.5 Å². The summed E-state index contributed by atoms with van der Waals surface area (Å²) in [4.78, 5) is 0. The van der Waals surface area contributed by atoms with Gasteiger partial charge in [-0.05, 0) is 50.2 Å². The molecule has 0 amide bonds. The highest BCUT2D eigenvalue weighted by atomic mass is 127. The highest BCUT2D eigenvalue weighted by Crippen LogP contribution is 2.26. The maximum absolute atomic E-state index is 8.86. The van der Waals surface area contributed by atoms with Crippen molar-refractivity contribution in [2.45, 2.75) is 6.04 Å². The molecule has 0 saturated heterocycles. The van der Waals surface area contributed by atoms with Gasteiger partial charge in [-0.1, -0.05) is 12.1 Å². The van der Waals surface area contributed by atoms with Crippen molar-refractivity contribution in [3.8, 4) is 0 Å². The van der Waals surface area contributed by atoms with Crippen LogP contribution in [0.1, 0.15) is 11.6 Å². The maximum Gasteiger partial charge on any atom is 0.0624 e. The van der Waals surface area contributed by atoms with Gasteiger partial charge in [0, 0.05) is 8.04 Å². The van der Waals surface area contributed by atoms with Gasteiger partial charge < -0.3 is 10.8 Å². The van der Waals surface area contributed by atoms with E-state index in [1.165, 1.54) is 0 Å². The van der Waals surface area contributed by atoms with Gasteiger partial charge in [0.25, 0.3) is 0 Å². The molecular weight excluding hydrogens is 333 g/mol. The molecule has 0 heterocycles. The molecule has 0 bridgehead atoms. The highest BCUT2D eigenvalue weighted by molar-refractivity contribution is 14.1. The minimum absolute atomic E-state index is 0.0291. The third-order valence-electron chi connectivity index (χ3n) is 1.58. The quantitative estimate of drug-likeness (QED) is 0.809. The minimum Gasteiger partial charge on any atom is -0.394 e. The number of nitrogens with two attached hydrogens (primary N) is 1. The van der Waals surface area contributed by atoms with Crippen molar-refractivity contribution >= 4 is 38.5 Å². The van der Waals surface area contributed by atoms with E-state index in [4.69, 9.17) is 10.8 Å². The largest absolute Gasteiger partial charge is 0.394 e. The van der Waals surface area contributed by atoms with Crippen molar-refractivity contribution < 1.29 is 5.11 Å². The summed E-state index contributed by atoms with van der Waals surface area (Å²) >= 11 is 5.64. The Morgan fingerprint density at radius 1 is 1.58 bits per heavy atom. The fraction of sp³-hybridized carbons (Fsp3) is 0.250. The number of rotatable bonds is 2. The molecule has 0 radical (unpaired) electrons. The number of aliphatic hydroxyl groups is 1. The first-order valence-corrected chi connectivity index (χ1v) is 5.34. The molecule has 0 aliphatic rings. The van der Waals surface area contributed by atoms with Crippen LogP contribution in [0, 0.1) is 3.57 Å². The molecule has 1 aromatic rings. The Kier molecular flexibility index (Phi) is 3.95. The second-order valence-corrected chi connectivity index (χ2v) is 4.39. The first-order chi connectivity index (χ1) is 5.66. The van der Waals surface area contributed by atoms with Gasteiger partial charge in [-0.25, -0.2) is 0 Å². The minimum atomic E-state index is -0.297. The van der Waals surface area contributed by atoms with Crippen LogP contribution in [0.15, 0.2) is 22.7 Å². The van der Waals surface area contributed by atoms with Gasteiger partial charge >= 0.3 is 0 Å². The van der Waals surface area contributed by atoms with Crippen LogP contribution in [0.25, 0.3) is 0 Å². The number of hydrogen-bond donors (Lipinski definition) is 2. The Labute approximate surface area is 93.4 Å². The molecule has 2 nitrogen and oxygen atoms in total. The normalized spacial score (nSPS) is 13.0. The third kappa shape index (κ3) is 2.18. The monoisotopic (exact) mass is 341 g/mol. The molecule has 0 aromatic heterocycles. The van der Waals surface area contributed by atoms with Crippen LogP contribution in [0.2, 0.25) is 0 Å². The average Bonchev–Trinajstić information content (AvgIpc) is 2.08. The first kappa shape index (κ1) is 10.4. The van der Waals surface area contributed by atoms with Gasteiger partial charge in [0.1, 0.15) is 0 Å². The molecule has 0 aliphatic heterocycles. The topological polar surface area (TPSA) is 46.2 Å². The van der Waals surface area contributed by atoms with Crippen LogP contribution in [-0.4, -0.2) is 11.7 Å². The molecule has 1 rings (SSSR count). The highest BCUT2D eigenvalue weighted by Gasteiger charge is 2.09. The van der Waals surface area contributed by atoms with E-state index >= 15 is 0 Å². The predicted molar refractivity (Wildman–Crippen MR) is 60.9 cm³/mol. The van der Waals surface area contributed by atoms with Gasteiger partial charge in [0.2, 0.25) is 0 Å². The van der Waals surface area contributed by atoms with Crippen LogP contribution in [-0.2, 0) is 0 Å². The fourth-order valence-electron chi connectivity index (χ4n) is 0.905. The zero-order chi connectivity index (χ0) is 9.14. The molecule has 4 heteroatoms. The van der Waals surface area contributed by atoms with Crippen molar-refractivity contribution in [3.63, 3.8) is 0 Å². The van der Waals surface area contributed by atoms with E-state index in [1.54, 1.807) is 0 Å². The lowest BCUT2D eigenvalue weighted by Gasteiger charge is -2.11. The lowest BCUT2D eigenvalue weighted by Crippen LogP contribution is -2.15. The molecule has 0 saturated carbocycles. The zero-order valence-corrected chi connectivity index (χ0v) is 10.0. The van der Waals surface area contributed by atoms with Gasteiger partial charge in [-0.3, -0.25) is 0 Å². The summed E-state index contributed by atoms with van der Waals surface area (Å²) in [5.74, 6) is 0. The van der Waals surface area contributed by atoms with E-state index < -0.39 is 0 Å². The Morgan fingerprint density at radius 2 is 2.25 bits per heavy atom. The molecule has 1 atom stereocenters. The third-order valence-corrected chi connectivity index (χ3v) is 4.10. The second-order valence-electron chi connectivity index (χ2n) is 2.43. The molecule has 0 aliphatic carbocycles. The number of hydrogen-bond acceptors (Lipinski definition) is 2. The number of halogens is 2. The summed E-state index contributed by atoms with van der Waals surface area (Å²) in [5.41, 5.74) is 6.63. The average molecular weight is 342 g/mol. The lowest BCUT2D eigenvalue weighted by molar-refractivity contribution is 0.267. The number of benzene rings is 1. The lowest BCUT2D eigenvalue weighted by atomic mass is 10.1. The molecular formula is C8H9BrINO. The Hall–Kier alpha value is 0.350. The molecule has 0 spiro atoms. The van der Waals surface area contributed by atoms with E-state index in [-0.39, 0.29) is 12.6 Å². The SMILES string of the molecule is N[C@H](CO)c1cccc(I)c1Br. The van der Waals surface area contributed by atoms with Crippen molar-refractivity contribution in [2.24, 2.45) is 5.73 Å². The van der Waals surface area contributed by atoms with Crippen molar-refractivity contribution in [1.82, 2.24) is 0 Å². The van der Waals surface area contributed by atoms with Crippen molar-refractivity contribution in [1.29, 1.82) is 0 Å². The number of aliphatic hydroxyl groups excluding tert-OH is 1. The fourth-order valence-corrected chi connectivity index (χ4v) is 1.98. The van der Waals surface area contributed by atoms with Gasteiger partial charge in [-0.2, -0.15) is 0 Å². The van der Waals surface area contributed by atoms with Gasteiger partial charge in [0.05, 0.1) is 12.6 Å². The van der Waals surface area contributed by atoms with Crippen LogP contribution in [0.4, 0.5) is 0 Å². The Balaban J connectivity index is 3.07. The van der Waals surface area contributed by atoms with E-state index in [0.29, 0.717) is 0 Å². The smallest absolute Gasteiger partial charge is 0.0624 e. The van der Waals surface area contributed by atoms with Gasteiger partial charge in [0.15, 0.2) is 0 Å². The molecule has 0 fully saturated rings. The van der Waals surface area contributed by atoms with Crippen molar-refractivity contribution in [2.75, 3.05) is 6.61 Å². The summed E-state index contributed by atoms with van der Waals surface area (Å²) in [6.45, 7) is -0.0291.